The maximum Gasteiger partial charge on any atom is 0.250 e. The van der Waals surface area contributed by atoms with Gasteiger partial charge in [-0.05, 0) is 41.8 Å². The van der Waals surface area contributed by atoms with Gasteiger partial charge in [0.15, 0.2) is 0 Å². The highest BCUT2D eigenvalue weighted by Gasteiger charge is 2.18. The monoisotopic (exact) mass is 379 g/mol. The van der Waals surface area contributed by atoms with Gasteiger partial charge >= 0.3 is 0 Å². The number of thiophene rings is 1. The first kappa shape index (κ1) is 15.7. The van der Waals surface area contributed by atoms with Crippen LogP contribution in [0.15, 0.2) is 14.1 Å². The van der Waals surface area contributed by atoms with Crippen LogP contribution in [0.2, 0.25) is 5.02 Å². The molecular formula is C9H12BrCl2NO2S2. The molecule has 1 aromatic rings. The third-order valence-electron chi connectivity index (χ3n) is 1.96. The maximum atomic E-state index is 11.8. The smallest absolute Gasteiger partial charge is 0.210 e. The molecule has 1 atom stereocenters. The Morgan fingerprint density at radius 2 is 2.24 bits per heavy atom. The van der Waals surface area contributed by atoms with Gasteiger partial charge in [0.25, 0.3) is 0 Å². The van der Waals surface area contributed by atoms with Gasteiger partial charge in [-0.25, -0.2) is 13.1 Å². The first-order valence-corrected chi connectivity index (χ1v) is 8.82. The van der Waals surface area contributed by atoms with Crippen molar-refractivity contribution in [1.29, 1.82) is 0 Å². The zero-order valence-electron chi connectivity index (χ0n) is 9.04. The van der Waals surface area contributed by atoms with Gasteiger partial charge in [0.2, 0.25) is 10.0 Å². The molecule has 1 rings (SSSR count). The molecule has 0 saturated heterocycles. The summed E-state index contributed by atoms with van der Waals surface area (Å²) in [4.78, 5) is 0. The lowest BCUT2D eigenvalue weighted by Gasteiger charge is -2.05. The maximum absolute atomic E-state index is 11.8. The molecule has 0 spiro atoms. The van der Waals surface area contributed by atoms with Crippen LogP contribution in [0.5, 0.6) is 0 Å². The van der Waals surface area contributed by atoms with Gasteiger partial charge in [0.05, 0.1) is 8.81 Å². The minimum atomic E-state index is -3.45. The van der Waals surface area contributed by atoms with Crippen LogP contribution in [0.4, 0.5) is 0 Å². The summed E-state index contributed by atoms with van der Waals surface area (Å²) < 4.78 is 27.0. The number of nitrogens with one attached hydrogen (secondary N) is 1. The number of sulfonamides is 1. The third-order valence-corrected chi connectivity index (χ3v) is 6.59. The number of alkyl halides is 1. The second-order valence-electron chi connectivity index (χ2n) is 3.51. The summed E-state index contributed by atoms with van der Waals surface area (Å²) in [6.45, 7) is 2.26. The van der Waals surface area contributed by atoms with Crippen molar-refractivity contribution in [2.45, 2.75) is 29.4 Å². The Kier molecular flexibility index (Phi) is 6.22. The summed E-state index contributed by atoms with van der Waals surface area (Å²) in [6, 6.07) is 1.43. The topological polar surface area (TPSA) is 46.2 Å². The summed E-state index contributed by atoms with van der Waals surface area (Å²) in [7, 11) is -3.45. The molecule has 17 heavy (non-hydrogen) atoms. The molecule has 0 amide bonds. The van der Waals surface area contributed by atoms with E-state index < -0.39 is 10.0 Å². The highest BCUT2D eigenvalue weighted by molar-refractivity contribution is 9.11. The average Bonchev–Trinajstić information content (AvgIpc) is 2.55. The van der Waals surface area contributed by atoms with Crippen LogP contribution in [0.3, 0.4) is 0 Å². The van der Waals surface area contributed by atoms with Gasteiger partial charge in [0.1, 0.15) is 4.21 Å². The molecule has 1 unspecified atom stereocenters. The van der Waals surface area contributed by atoms with E-state index in [1.54, 1.807) is 0 Å². The molecule has 98 valence electrons. The van der Waals surface area contributed by atoms with E-state index in [1.807, 2.05) is 6.92 Å². The van der Waals surface area contributed by atoms with Gasteiger partial charge in [-0.3, -0.25) is 0 Å². The van der Waals surface area contributed by atoms with E-state index in [1.165, 1.54) is 6.07 Å². The molecule has 0 fully saturated rings. The molecule has 0 aromatic carbocycles. The molecule has 0 radical (unpaired) electrons. The lowest BCUT2D eigenvalue weighted by Crippen LogP contribution is -2.24. The fourth-order valence-corrected chi connectivity index (χ4v) is 4.79. The highest BCUT2D eigenvalue weighted by Crippen LogP contribution is 2.34. The van der Waals surface area contributed by atoms with Crippen LogP contribution < -0.4 is 4.72 Å². The van der Waals surface area contributed by atoms with Crippen molar-refractivity contribution in [2.75, 3.05) is 6.54 Å². The predicted molar refractivity (Wildman–Crippen MR) is 76.8 cm³/mol. The van der Waals surface area contributed by atoms with Crippen molar-refractivity contribution in [3.8, 4) is 0 Å². The largest absolute Gasteiger partial charge is 0.250 e. The standard InChI is InChI=1S/C9H12BrCl2NO2S2/c1-6(11)3-2-4-13-17(14,15)8-5-7(12)9(10)16-8/h5-6,13H,2-4H2,1H3. The molecule has 1 N–H and O–H groups in total. The van der Waals surface area contributed by atoms with Crippen LogP contribution in [0.1, 0.15) is 19.8 Å². The first-order chi connectivity index (χ1) is 7.83. The second kappa shape index (κ2) is 6.73. The number of rotatable bonds is 6. The fraction of sp³-hybridized carbons (Fsp3) is 0.556. The quantitative estimate of drug-likeness (QED) is 0.601. The van der Waals surface area contributed by atoms with Gasteiger partial charge in [-0.15, -0.1) is 22.9 Å². The molecular weight excluding hydrogens is 369 g/mol. The predicted octanol–water partition coefficient (Wildman–Crippen LogP) is 3.85. The number of hydrogen-bond acceptors (Lipinski definition) is 3. The van der Waals surface area contributed by atoms with Gasteiger partial charge < -0.3 is 0 Å². The summed E-state index contributed by atoms with van der Waals surface area (Å²) in [5.74, 6) is 0. The summed E-state index contributed by atoms with van der Waals surface area (Å²) in [6.07, 6.45) is 1.49. The summed E-state index contributed by atoms with van der Waals surface area (Å²) in [5, 5.41) is 0.467. The Morgan fingerprint density at radius 3 is 2.71 bits per heavy atom. The van der Waals surface area contributed by atoms with E-state index in [-0.39, 0.29) is 9.59 Å². The Morgan fingerprint density at radius 1 is 1.59 bits per heavy atom. The molecule has 0 aliphatic rings. The molecule has 3 nitrogen and oxygen atoms in total. The second-order valence-corrected chi connectivity index (χ2v) is 9.02. The average molecular weight is 381 g/mol. The van der Waals surface area contributed by atoms with E-state index >= 15 is 0 Å². The lowest BCUT2D eigenvalue weighted by molar-refractivity contribution is 0.578. The van der Waals surface area contributed by atoms with Crippen molar-refractivity contribution in [3.05, 3.63) is 14.9 Å². The van der Waals surface area contributed by atoms with Crippen LogP contribution in [-0.4, -0.2) is 20.3 Å². The van der Waals surface area contributed by atoms with Gasteiger partial charge in [-0.1, -0.05) is 11.6 Å². The molecule has 1 aromatic heterocycles. The van der Waals surface area contributed by atoms with E-state index in [0.29, 0.717) is 21.8 Å². The Hall–Kier alpha value is 0.670. The van der Waals surface area contributed by atoms with Crippen molar-refractivity contribution >= 4 is 60.5 Å². The third kappa shape index (κ3) is 5.04. The Balaban J connectivity index is 2.57. The van der Waals surface area contributed by atoms with E-state index in [0.717, 1.165) is 17.8 Å². The fourth-order valence-electron chi connectivity index (χ4n) is 1.12. The van der Waals surface area contributed by atoms with Crippen LogP contribution in [0, 0.1) is 0 Å². The van der Waals surface area contributed by atoms with E-state index in [4.69, 9.17) is 23.2 Å². The molecule has 0 saturated carbocycles. The van der Waals surface area contributed by atoms with Crippen molar-refractivity contribution < 1.29 is 8.42 Å². The van der Waals surface area contributed by atoms with Crippen molar-refractivity contribution in [1.82, 2.24) is 4.72 Å². The normalized spacial score (nSPS) is 13.9. The van der Waals surface area contributed by atoms with Crippen molar-refractivity contribution in [2.24, 2.45) is 0 Å². The van der Waals surface area contributed by atoms with E-state index in [2.05, 4.69) is 20.7 Å². The van der Waals surface area contributed by atoms with Crippen LogP contribution >= 0.6 is 50.5 Å². The van der Waals surface area contributed by atoms with Crippen molar-refractivity contribution in [3.63, 3.8) is 0 Å². The summed E-state index contributed by atoms with van der Waals surface area (Å²) in [5.41, 5.74) is 0. The number of hydrogen-bond donors (Lipinski definition) is 1. The lowest BCUT2D eigenvalue weighted by atomic mass is 10.2. The molecule has 8 heteroatoms. The molecule has 1 heterocycles. The zero-order valence-corrected chi connectivity index (χ0v) is 13.8. The first-order valence-electron chi connectivity index (χ1n) is 4.91. The van der Waals surface area contributed by atoms with Gasteiger partial charge in [0, 0.05) is 11.9 Å². The van der Waals surface area contributed by atoms with E-state index in [9.17, 15) is 8.42 Å². The Labute approximate surface area is 124 Å². The molecule has 0 bridgehead atoms. The van der Waals surface area contributed by atoms with Crippen LogP contribution in [-0.2, 0) is 10.0 Å². The SMILES string of the molecule is CC(Cl)CCCNS(=O)(=O)c1cc(Cl)c(Br)s1. The minimum Gasteiger partial charge on any atom is -0.210 e. The summed E-state index contributed by atoms with van der Waals surface area (Å²) >= 11 is 15.8. The van der Waals surface area contributed by atoms with Gasteiger partial charge in [-0.2, -0.15) is 0 Å². The zero-order chi connectivity index (χ0) is 13.1. The minimum absolute atomic E-state index is 0.0600. The molecule has 0 aliphatic heterocycles. The van der Waals surface area contributed by atoms with Crippen LogP contribution in [0.25, 0.3) is 0 Å². The number of halogens is 3. The Bertz CT molecular complexity index is 454. The highest BCUT2D eigenvalue weighted by atomic mass is 79.9. The molecule has 0 aliphatic carbocycles.